The van der Waals surface area contributed by atoms with E-state index in [1.54, 1.807) is 0 Å². The van der Waals surface area contributed by atoms with Crippen molar-refractivity contribution in [1.82, 2.24) is 9.47 Å². The minimum atomic E-state index is 0.906. The van der Waals surface area contributed by atoms with Gasteiger partial charge in [-0.2, -0.15) is 0 Å². The summed E-state index contributed by atoms with van der Waals surface area (Å²) in [6.45, 7) is 5.98. The fraction of sp³-hybridized carbons (Fsp3) is 0.529. The molecule has 0 aliphatic carbocycles. The third-order valence-electron chi connectivity index (χ3n) is 4.55. The Labute approximate surface area is 116 Å². The molecule has 1 saturated heterocycles. The van der Waals surface area contributed by atoms with Gasteiger partial charge in [0.05, 0.1) is 0 Å². The Morgan fingerprint density at radius 1 is 1.26 bits per heavy atom. The second kappa shape index (κ2) is 5.38. The van der Waals surface area contributed by atoms with Gasteiger partial charge in [-0.05, 0) is 36.9 Å². The molecular weight excluding hydrogens is 232 g/mol. The Balaban J connectivity index is 1.81. The lowest BCUT2D eigenvalue weighted by atomic mass is 9.95. The standard InChI is InChI=1S/C17H24N2/c1-3-14-7-6-10-19(11-14)13-15-12-18(2)17-9-5-4-8-16(15)17/h4-5,8-9,12,14H,3,6-7,10-11,13H2,1-2H3/t14-/m1/s1. The van der Waals surface area contributed by atoms with Crippen LogP contribution in [0.25, 0.3) is 10.9 Å². The first kappa shape index (κ1) is 12.7. The maximum atomic E-state index is 2.64. The molecule has 102 valence electrons. The lowest BCUT2D eigenvalue weighted by molar-refractivity contribution is 0.165. The largest absolute Gasteiger partial charge is 0.350 e. The van der Waals surface area contributed by atoms with Crippen LogP contribution in [-0.2, 0) is 13.6 Å². The van der Waals surface area contributed by atoms with Crippen LogP contribution < -0.4 is 0 Å². The second-order valence-corrected chi connectivity index (χ2v) is 5.93. The van der Waals surface area contributed by atoms with E-state index >= 15 is 0 Å². The van der Waals surface area contributed by atoms with Gasteiger partial charge in [0.15, 0.2) is 0 Å². The van der Waals surface area contributed by atoms with Crippen molar-refractivity contribution in [1.29, 1.82) is 0 Å². The van der Waals surface area contributed by atoms with Gasteiger partial charge in [-0.15, -0.1) is 0 Å². The second-order valence-electron chi connectivity index (χ2n) is 5.93. The summed E-state index contributed by atoms with van der Waals surface area (Å²) in [5.41, 5.74) is 2.83. The Hall–Kier alpha value is -1.28. The van der Waals surface area contributed by atoms with Crippen molar-refractivity contribution in [2.24, 2.45) is 13.0 Å². The van der Waals surface area contributed by atoms with Crippen LogP contribution in [0, 0.1) is 5.92 Å². The van der Waals surface area contributed by atoms with E-state index in [0.29, 0.717) is 0 Å². The monoisotopic (exact) mass is 256 g/mol. The van der Waals surface area contributed by atoms with Gasteiger partial charge in [0, 0.05) is 37.2 Å². The normalized spacial score (nSPS) is 21.1. The van der Waals surface area contributed by atoms with Gasteiger partial charge in [0.1, 0.15) is 0 Å². The molecule has 1 aliphatic heterocycles. The number of aromatic nitrogens is 1. The van der Waals surface area contributed by atoms with Gasteiger partial charge >= 0.3 is 0 Å². The van der Waals surface area contributed by atoms with Crippen LogP contribution >= 0.6 is 0 Å². The van der Waals surface area contributed by atoms with Crippen LogP contribution in [0.4, 0.5) is 0 Å². The molecule has 1 aromatic carbocycles. The highest BCUT2D eigenvalue weighted by Crippen LogP contribution is 2.25. The number of nitrogens with zero attached hydrogens (tertiary/aromatic N) is 2. The van der Waals surface area contributed by atoms with Crippen molar-refractivity contribution in [3.8, 4) is 0 Å². The summed E-state index contributed by atoms with van der Waals surface area (Å²) in [6, 6.07) is 8.74. The minimum Gasteiger partial charge on any atom is -0.350 e. The van der Waals surface area contributed by atoms with Gasteiger partial charge in [0.2, 0.25) is 0 Å². The van der Waals surface area contributed by atoms with Gasteiger partial charge in [-0.1, -0.05) is 31.5 Å². The summed E-state index contributed by atoms with van der Waals surface area (Å²) in [5.74, 6) is 0.906. The van der Waals surface area contributed by atoms with E-state index in [1.165, 1.54) is 48.8 Å². The predicted molar refractivity (Wildman–Crippen MR) is 81.2 cm³/mol. The van der Waals surface area contributed by atoms with Gasteiger partial charge in [0.25, 0.3) is 0 Å². The summed E-state index contributed by atoms with van der Waals surface area (Å²) in [7, 11) is 2.15. The topological polar surface area (TPSA) is 8.17 Å². The van der Waals surface area contributed by atoms with Crippen LogP contribution in [0.5, 0.6) is 0 Å². The molecule has 0 spiro atoms. The average Bonchev–Trinajstić information content (AvgIpc) is 2.76. The van der Waals surface area contributed by atoms with Gasteiger partial charge in [-0.3, -0.25) is 4.90 Å². The van der Waals surface area contributed by atoms with Crippen molar-refractivity contribution in [3.05, 3.63) is 36.0 Å². The molecule has 1 fully saturated rings. The molecule has 1 atom stereocenters. The highest BCUT2D eigenvalue weighted by Gasteiger charge is 2.19. The zero-order valence-corrected chi connectivity index (χ0v) is 12.1. The third kappa shape index (κ3) is 2.55. The zero-order chi connectivity index (χ0) is 13.2. The van der Waals surface area contributed by atoms with E-state index < -0.39 is 0 Å². The number of para-hydroxylation sites is 1. The molecule has 0 saturated carbocycles. The molecule has 2 heteroatoms. The fourth-order valence-electron chi connectivity index (χ4n) is 3.42. The zero-order valence-electron chi connectivity index (χ0n) is 12.1. The third-order valence-corrected chi connectivity index (χ3v) is 4.55. The Morgan fingerprint density at radius 3 is 2.95 bits per heavy atom. The molecule has 2 aromatic rings. The molecule has 0 bridgehead atoms. The van der Waals surface area contributed by atoms with Crippen molar-refractivity contribution in [2.45, 2.75) is 32.7 Å². The SMILES string of the molecule is CC[C@@H]1CCCN(Cc2cn(C)c3ccccc23)C1. The number of piperidine rings is 1. The molecule has 1 aliphatic rings. The molecule has 0 N–H and O–H groups in total. The molecule has 3 rings (SSSR count). The smallest absolute Gasteiger partial charge is 0.0481 e. The lowest BCUT2D eigenvalue weighted by Gasteiger charge is -2.32. The molecule has 0 unspecified atom stereocenters. The molecule has 1 aromatic heterocycles. The van der Waals surface area contributed by atoms with Crippen LogP contribution in [0.2, 0.25) is 0 Å². The first-order valence-corrected chi connectivity index (χ1v) is 7.53. The van der Waals surface area contributed by atoms with Crippen molar-refractivity contribution in [2.75, 3.05) is 13.1 Å². The molecule has 2 heterocycles. The van der Waals surface area contributed by atoms with Crippen LogP contribution in [-0.4, -0.2) is 22.6 Å². The number of fused-ring (bicyclic) bond motifs is 1. The number of hydrogen-bond acceptors (Lipinski definition) is 1. The van der Waals surface area contributed by atoms with Crippen molar-refractivity contribution < 1.29 is 0 Å². The Bertz CT molecular complexity index is 555. The van der Waals surface area contributed by atoms with E-state index in [0.717, 1.165) is 12.5 Å². The molecule has 19 heavy (non-hydrogen) atoms. The summed E-state index contributed by atoms with van der Waals surface area (Å²) in [6.07, 6.45) is 6.41. The van der Waals surface area contributed by atoms with Gasteiger partial charge < -0.3 is 4.57 Å². The first-order valence-electron chi connectivity index (χ1n) is 7.53. The van der Waals surface area contributed by atoms with Crippen molar-refractivity contribution in [3.63, 3.8) is 0 Å². The lowest BCUT2D eigenvalue weighted by Crippen LogP contribution is -2.34. The number of hydrogen-bond donors (Lipinski definition) is 0. The highest BCUT2D eigenvalue weighted by atomic mass is 15.1. The van der Waals surface area contributed by atoms with E-state index in [2.05, 4.69) is 53.9 Å². The van der Waals surface area contributed by atoms with E-state index in [4.69, 9.17) is 0 Å². The minimum absolute atomic E-state index is 0.906. The van der Waals surface area contributed by atoms with Crippen LogP contribution in [0.1, 0.15) is 31.7 Å². The summed E-state index contributed by atoms with van der Waals surface area (Å²) in [4.78, 5) is 2.64. The summed E-state index contributed by atoms with van der Waals surface area (Å²) < 4.78 is 2.26. The average molecular weight is 256 g/mol. The van der Waals surface area contributed by atoms with Crippen LogP contribution in [0.15, 0.2) is 30.5 Å². The summed E-state index contributed by atoms with van der Waals surface area (Å²) in [5, 5.41) is 1.42. The van der Waals surface area contributed by atoms with Gasteiger partial charge in [-0.25, -0.2) is 0 Å². The maximum absolute atomic E-state index is 2.64. The quantitative estimate of drug-likeness (QED) is 0.811. The Morgan fingerprint density at radius 2 is 2.11 bits per heavy atom. The fourth-order valence-corrected chi connectivity index (χ4v) is 3.42. The van der Waals surface area contributed by atoms with E-state index in [9.17, 15) is 0 Å². The van der Waals surface area contributed by atoms with Crippen LogP contribution in [0.3, 0.4) is 0 Å². The number of aryl methyl sites for hydroxylation is 1. The maximum Gasteiger partial charge on any atom is 0.0481 e. The molecule has 2 nitrogen and oxygen atoms in total. The highest BCUT2D eigenvalue weighted by molar-refractivity contribution is 5.83. The summed E-state index contributed by atoms with van der Waals surface area (Å²) >= 11 is 0. The number of benzene rings is 1. The molecule has 0 amide bonds. The number of likely N-dealkylation sites (tertiary alicyclic amines) is 1. The van der Waals surface area contributed by atoms with Crippen molar-refractivity contribution >= 4 is 10.9 Å². The predicted octanol–water partition coefficient (Wildman–Crippen LogP) is 3.80. The molecular formula is C17H24N2. The molecule has 0 radical (unpaired) electrons. The van der Waals surface area contributed by atoms with E-state index in [1.807, 2.05) is 0 Å². The number of rotatable bonds is 3. The first-order chi connectivity index (χ1) is 9.28. The van der Waals surface area contributed by atoms with E-state index in [-0.39, 0.29) is 0 Å². The Kier molecular flexibility index (Phi) is 3.61.